The van der Waals surface area contributed by atoms with Crippen LogP contribution in [0.25, 0.3) is 0 Å². The Morgan fingerprint density at radius 2 is 2.00 bits per heavy atom. The van der Waals surface area contributed by atoms with Crippen LogP contribution in [-0.4, -0.2) is 34.5 Å². The van der Waals surface area contributed by atoms with Gasteiger partial charge in [0.25, 0.3) is 0 Å². The van der Waals surface area contributed by atoms with Gasteiger partial charge in [-0.3, -0.25) is 0 Å². The average molecular weight is 391 g/mol. The van der Waals surface area contributed by atoms with Crippen LogP contribution in [0.5, 0.6) is 0 Å². The minimum Gasteiger partial charge on any atom is -0.370 e. The first-order chi connectivity index (χ1) is 13.1. The van der Waals surface area contributed by atoms with E-state index in [4.69, 9.17) is 5.41 Å². The predicted molar refractivity (Wildman–Crippen MR) is 106 cm³/mol. The first-order valence-electron chi connectivity index (χ1n) is 9.08. The van der Waals surface area contributed by atoms with Crippen LogP contribution >= 0.6 is 11.8 Å². The highest BCUT2D eigenvalue weighted by atomic mass is 32.2. The maximum Gasteiger partial charge on any atom is 0.191 e. The van der Waals surface area contributed by atoms with Crippen LogP contribution in [0.15, 0.2) is 23.4 Å². The van der Waals surface area contributed by atoms with Gasteiger partial charge in [-0.1, -0.05) is 24.8 Å². The second-order valence-corrected chi connectivity index (χ2v) is 7.47. The molecule has 0 amide bonds. The third-order valence-electron chi connectivity index (χ3n) is 4.33. The maximum atomic E-state index is 13.5. The van der Waals surface area contributed by atoms with E-state index in [0.717, 1.165) is 30.2 Å². The molecule has 3 rings (SSSR count). The number of rotatable bonds is 9. The zero-order valence-electron chi connectivity index (χ0n) is 15.4. The van der Waals surface area contributed by atoms with E-state index >= 15 is 0 Å². The van der Waals surface area contributed by atoms with Gasteiger partial charge in [0.2, 0.25) is 0 Å². The molecular formula is C19H23F2N5S. The Bertz CT molecular complexity index is 830. The van der Waals surface area contributed by atoms with E-state index < -0.39 is 11.6 Å². The predicted octanol–water partition coefficient (Wildman–Crippen LogP) is 4.65. The van der Waals surface area contributed by atoms with E-state index in [1.54, 1.807) is 17.8 Å². The highest BCUT2D eigenvalue weighted by molar-refractivity contribution is 7.99. The molecule has 3 N–H and O–H groups in total. The second kappa shape index (κ2) is 8.65. The number of anilines is 2. The van der Waals surface area contributed by atoms with Crippen molar-refractivity contribution in [3.63, 3.8) is 0 Å². The van der Waals surface area contributed by atoms with Gasteiger partial charge in [-0.05, 0) is 37.5 Å². The topological polar surface area (TPSA) is 73.7 Å². The Balaban J connectivity index is 1.81. The van der Waals surface area contributed by atoms with Gasteiger partial charge < -0.3 is 16.0 Å². The van der Waals surface area contributed by atoms with Crippen molar-refractivity contribution in [1.29, 1.82) is 5.41 Å². The number of nitrogens with one attached hydrogen (secondary N) is 3. The molecule has 0 spiro atoms. The van der Waals surface area contributed by atoms with Gasteiger partial charge in [0, 0.05) is 30.5 Å². The zero-order valence-corrected chi connectivity index (χ0v) is 16.2. The van der Waals surface area contributed by atoms with Crippen LogP contribution in [0, 0.1) is 17.0 Å². The summed E-state index contributed by atoms with van der Waals surface area (Å²) in [6, 6.07) is 4.11. The zero-order chi connectivity index (χ0) is 19.4. The lowest BCUT2D eigenvalue weighted by atomic mass is 10.1. The van der Waals surface area contributed by atoms with E-state index in [1.807, 2.05) is 6.92 Å². The second-order valence-electron chi connectivity index (χ2n) is 6.41. The van der Waals surface area contributed by atoms with E-state index in [2.05, 4.69) is 27.5 Å². The molecule has 1 heterocycles. The van der Waals surface area contributed by atoms with Crippen molar-refractivity contribution >= 4 is 29.6 Å². The molecule has 1 aliphatic carbocycles. The molecule has 1 aromatic heterocycles. The molecule has 2 aromatic rings. The molecule has 1 saturated carbocycles. The number of hydrogen-bond donors (Lipinski definition) is 3. The van der Waals surface area contributed by atoms with Crippen molar-refractivity contribution < 1.29 is 8.78 Å². The SMILES string of the molecule is CCCSc1nc(NCC)c(C=N)c(N[C@@H]2CC2c2ccc(F)c(F)c2)n1. The normalized spacial score (nSPS) is 18.2. The monoisotopic (exact) mass is 391 g/mol. The summed E-state index contributed by atoms with van der Waals surface area (Å²) in [6.45, 7) is 4.76. The summed E-state index contributed by atoms with van der Waals surface area (Å²) in [5.74, 6) is 0.587. The summed E-state index contributed by atoms with van der Waals surface area (Å²) in [7, 11) is 0. The number of halogens is 2. The number of aromatic nitrogens is 2. The third kappa shape index (κ3) is 4.55. The molecule has 5 nitrogen and oxygen atoms in total. The summed E-state index contributed by atoms with van der Waals surface area (Å²) in [5, 5.41) is 15.0. The van der Waals surface area contributed by atoms with Crippen LogP contribution in [0.3, 0.4) is 0 Å². The Morgan fingerprint density at radius 3 is 2.67 bits per heavy atom. The first kappa shape index (κ1) is 19.5. The van der Waals surface area contributed by atoms with Crippen molar-refractivity contribution in [3.05, 3.63) is 41.0 Å². The highest BCUT2D eigenvalue weighted by Gasteiger charge is 2.39. The molecule has 1 unspecified atom stereocenters. The molecule has 1 fully saturated rings. The van der Waals surface area contributed by atoms with Gasteiger partial charge in [-0.2, -0.15) is 0 Å². The lowest BCUT2D eigenvalue weighted by Gasteiger charge is -2.14. The van der Waals surface area contributed by atoms with Gasteiger partial charge in [-0.15, -0.1) is 0 Å². The van der Waals surface area contributed by atoms with Crippen LogP contribution in [0.2, 0.25) is 0 Å². The van der Waals surface area contributed by atoms with E-state index in [0.29, 0.717) is 28.9 Å². The molecule has 1 aliphatic rings. The number of benzene rings is 1. The van der Waals surface area contributed by atoms with Crippen molar-refractivity contribution in [2.75, 3.05) is 22.9 Å². The largest absolute Gasteiger partial charge is 0.370 e. The van der Waals surface area contributed by atoms with Crippen molar-refractivity contribution in [2.24, 2.45) is 0 Å². The molecule has 1 aromatic carbocycles. The fraction of sp³-hybridized carbons (Fsp3) is 0.421. The fourth-order valence-electron chi connectivity index (χ4n) is 2.90. The molecule has 0 bridgehead atoms. The molecule has 2 atom stereocenters. The quantitative estimate of drug-likeness (QED) is 0.329. The lowest BCUT2D eigenvalue weighted by molar-refractivity contribution is 0.507. The minimum atomic E-state index is -0.835. The van der Waals surface area contributed by atoms with Gasteiger partial charge >= 0.3 is 0 Å². The first-order valence-corrected chi connectivity index (χ1v) is 10.1. The fourth-order valence-corrected chi connectivity index (χ4v) is 3.60. The van der Waals surface area contributed by atoms with Gasteiger partial charge in [-0.25, -0.2) is 18.7 Å². The molecule has 0 radical (unpaired) electrons. The molecule has 8 heteroatoms. The molecule has 0 aliphatic heterocycles. The Labute approximate surface area is 161 Å². The lowest BCUT2D eigenvalue weighted by Crippen LogP contribution is -2.13. The van der Waals surface area contributed by atoms with E-state index in [-0.39, 0.29) is 12.0 Å². The third-order valence-corrected chi connectivity index (χ3v) is 5.39. The van der Waals surface area contributed by atoms with E-state index in [9.17, 15) is 8.78 Å². The standard InChI is InChI=1S/C19H23F2N5S/c1-3-7-27-19-25-17(23-4-2)13(10-22)18(26-19)24-16-9-12(16)11-5-6-14(20)15(21)8-11/h5-6,8,10,12,16,22H,3-4,7,9H2,1-2H3,(H2,23,24,25,26)/t12?,16-/m1/s1. The van der Waals surface area contributed by atoms with Gasteiger partial charge in [0.1, 0.15) is 11.6 Å². The van der Waals surface area contributed by atoms with Gasteiger partial charge in [0.15, 0.2) is 16.8 Å². The molecule has 27 heavy (non-hydrogen) atoms. The maximum absolute atomic E-state index is 13.5. The van der Waals surface area contributed by atoms with Gasteiger partial charge in [0.05, 0.1) is 5.56 Å². The summed E-state index contributed by atoms with van der Waals surface area (Å²) < 4.78 is 26.6. The van der Waals surface area contributed by atoms with Crippen LogP contribution in [0.1, 0.15) is 43.7 Å². The van der Waals surface area contributed by atoms with Crippen LogP contribution < -0.4 is 10.6 Å². The smallest absolute Gasteiger partial charge is 0.191 e. The van der Waals surface area contributed by atoms with Crippen LogP contribution in [0.4, 0.5) is 20.4 Å². The van der Waals surface area contributed by atoms with E-state index in [1.165, 1.54) is 12.3 Å². The number of hydrogen-bond acceptors (Lipinski definition) is 6. The van der Waals surface area contributed by atoms with Crippen molar-refractivity contribution in [1.82, 2.24) is 9.97 Å². The molecule has 0 saturated heterocycles. The number of thioether (sulfide) groups is 1. The average Bonchev–Trinajstić information content (AvgIpc) is 3.41. The Hall–Kier alpha value is -2.22. The summed E-state index contributed by atoms with van der Waals surface area (Å²) in [6.07, 6.45) is 3.06. The summed E-state index contributed by atoms with van der Waals surface area (Å²) in [4.78, 5) is 9.10. The summed E-state index contributed by atoms with van der Waals surface area (Å²) >= 11 is 1.57. The molecular weight excluding hydrogens is 368 g/mol. The van der Waals surface area contributed by atoms with Crippen LogP contribution in [-0.2, 0) is 0 Å². The highest BCUT2D eigenvalue weighted by Crippen LogP contribution is 2.43. The summed E-state index contributed by atoms with van der Waals surface area (Å²) in [5.41, 5.74) is 1.37. The Morgan fingerprint density at radius 1 is 1.22 bits per heavy atom. The number of nitrogens with zero attached hydrogens (tertiary/aromatic N) is 2. The minimum absolute atomic E-state index is 0.0713. The van der Waals surface area contributed by atoms with Crippen molar-refractivity contribution in [3.8, 4) is 0 Å². The molecule has 144 valence electrons. The van der Waals surface area contributed by atoms with Crippen molar-refractivity contribution in [2.45, 2.75) is 43.8 Å². The Kier molecular flexibility index (Phi) is 6.26.